The summed E-state index contributed by atoms with van der Waals surface area (Å²) in [6, 6.07) is 14.6. The van der Waals surface area contributed by atoms with Crippen LogP contribution in [0, 0.1) is 5.92 Å². The number of benzene rings is 2. The van der Waals surface area contributed by atoms with Gasteiger partial charge in [-0.3, -0.25) is 9.00 Å². The van der Waals surface area contributed by atoms with Gasteiger partial charge in [0, 0.05) is 6.26 Å². The Labute approximate surface area is 175 Å². The van der Waals surface area contributed by atoms with E-state index in [0.29, 0.717) is 10.8 Å². The Morgan fingerprint density at radius 1 is 0.966 bits per heavy atom. The van der Waals surface area contributed by atoms with Crippen LogP contribution in [0.3, 0.4) is 0 Å². The van der Waals surface area contributed by atoms with Crippen LogP contribution in [0.25, 0.3) is 0 Å². The molecule has 0 fully saturated rings. The lowest BCUT2D eigenvalue weighted by molar-refractivity contribution is -0.125. The quantitative estimate of drug-likeness (QED) is 0.655. The summed E-state index contributed by atoms with van der Waals surface area (Å²) in [5, 5.41) is 2.95. The fraction of sp³-hybridized carbons (Fsp3) is 0.391. The van der Waals surface area contributed by atoms with Crippen LogP contribution in [0.5, 0.6) is 0 Å². The molecule has 0 saturated carbocycles. The second-order valence-electron chi connectivity index (χ2n) is 7.64. The van der Waals surface area contributed by atoms with Crippen LogP contribution >= 0.6 is 0 Å². The van der Waals surface area contributed by atoms with Crippen molar-refractivity contribution in [3.63, 3.8) is 0 Å². The van der Waals surface area contributed by atoms with Gasteiger partial charge in [-0.05, 0) is 35.1 Å². The minimum absolute atomic E-state index is 0.169. The molecule has 2 aromatic carbocycles. The first-order valence-electron chi connectivity index (χ1n) is 9.69. The van der Waals surface area contributed by atoms with Gasteiger partial charge in [0.05, 0.1) is 27.3 Å². The van der Waals surface area contributed by atoms with Crippen LogP contribution in [0.4, 0.5) is 0 Å². The van der Waals surface area contributed by atoms with Crippen molar-refractivity contribution in [1.82, 2.24) is 5.32 Å². The molecule has 2 aromatic rings. The van der Waals surface area contributed by atoms with E-state index in [1.807, 2.05) is 26.0 Å². The molecule has 156 valence electrons. The Kier molecular flexibility index (Phi) is 8.14. The summed E-state index contributed by atoms with van der Waals surface area (Å²) in [5.74, 6) is -0.424. The van der Waals surface area contributed by atoms with Crippen molar-refractivity contribution in [2.75, 3.05) is 12.9 Å². The molecule has 6 heteroatoms. The zero-order chi connectivity index (χ0) is 21.6. The fourth-order valence-electron chi connectivity index (χ4n) is 3.03. The van der Waals surface area contributed by atoms with E-state index in [1.165, 1.54) is 11.8 Å². The number of nitrogens with one attached hydrogen (secondary N) is 1. The minimum Gasteiger partial charge on any atom is -0.452 e. The van der Waals surface area contributed by atoms with E-state index in [2.05, 4.69) is 31.3 Å². The molecule has 0 heterocycles. The maximum Gasteiger partial charge on any atom is 0.339 e. The molecule has 0 saturated heterocycles. The van der Waals surface area contributed by atoms with E-state index in [1.54, 1.807) is 24.3 Å². The maximum absolute atomic E-state index is 12.4. The van der Waals surface area contributed by atoms with E-state index < -0.39 is 23.4 Å². The summed E-state index contributed by atoms with van der Waals surface area (Å²) in [6.45, 7) is 7.94. The molecule has 0 aliphatic rings. The van der Waals surface area contributed by atoms with Gasteiger partial charge in [0.1, 0.15) is 0 Å². The van der Waals surface area contributed by atoms with Crippen LogP contribution in [0.15, 0.2) is 53.4 Å². The predicted molar refractivity (Wildman–Crippen MR) is 115 cm³/mol. The van der Waals surface area contributed by atoms with Crippen LogP contribution in [0.2, 0.25) is 0 Å². The molecule has 0 aromatic heterocycles. The fourth-order valence-corrected chi connectivity index (χ4v) is 3.76. The van der Waals surface area contributed by atoms with Gasteiger partial charge in [-0.2, -0.15) is 0 Å². The van der Waals surface area contributed by atoms with E-state index >= 15 is 0 Å². The SMILES string of the molecule is CC(C)c1ccc([C@@H](NC(=O)COC(=O)c2ccccc2[S@@](C)=O)C(C)C)cc1. The third-order valence-corrected chi connectivity index (χ3v) is 5.67. The van der Waals surface area contributed by atoms with Gasteiger partial charge in [0.15, 0.2) is 6.61 Å². The summed E-state index contributed by atoms with van der Waals surface area (Å²) in [6.07, 6.45) is 1.50. The van der Waals surface area contributed by atoms with Gasteiger partial charge in [0.2, 0.25) is 0 Å². The Morgan fingerprint density at radius 3 is 2.10 bits per heavy atom. The van der Waals surface area contributed by atoms with Crippen LogP contribution < -0.4 is 5.32 Å². The summed E-state index contributed by atoms with van der Waals surface area (Å²) in [7, 11) is -1.32. The lowest BCUT2D eigenvalue weighted by Crippen LogP contribution is -2.35. The van der Waals surface area contributed by atoms with Gasteiger partial charge in [-0.15, -0.1) is 0 Å². The smallest absolute Gasteiger partial charge is 0.339 e. The molecule has 29 heavy (non-hydrogen) atoms. The average Bonchev–Trinajstić information content (AvgIpc) is 2.70. The molecule has 1 amide bonds. The number of amides is 1. The summed E-state index contributed by atoms with van der Waals surface area (Å²) in [4.78, 5) is 25.1. The second-order valence-corrected chi connectivity index (χ2v) is 8.99. The highest BCUT2D eigenvalue weighted by Gasteiger charge is 2.21. The molecular weight excluding hydrogens is 386 g/mol. The Bertz CT molecular complexity index is 875. The Balaban J connectivity index is 2.02. The molecule has 0 radical (unpaired) electrons. The Hall–Kier alpha value is -2.47. The van der Waals surface area contributed by atoms with Crippen molar-refractivity contribution >= 4 is 22.7 Å². The first kappa shape index (κ1) is 22.8. The number of hydrogen-bond acceptors (Lipinski definition) is 4. The van der Waals surface area contributed by atoms with Crippen molar-refractivity contribution in [1.29, 1.82) is 0 Å². The molecule has 0 aliphatic carbocycles. The first-order chi connectivity index (χ1) is 13.7. The van der Waals surface area contributed by atoms with Crippen molar-refractivity contribution < 1.29 is 18.5 Å². The summed E-state index contributed by atoms with van der Waals surface area (Å²) in [5.41, 5.74) is 2.46. The van der Waals surface area contributed by atoms with Gasteiger partial charge in [0.25, 0.3) is 5.91 Å². The monoisotopic (exact) mass is 415 g/mol. The molecule has 0 bridgehead atoms. The van der Waals surface area contributed by atoms with Crippen molar-refractivity contribution in [2.24, 2.45) is 5.92 Å². The number of esters is 1. The summed E-state index contributed by atoms with van der Waals surface area (Å²) >= 11 is 0. The number of carbonyl (C=O) groups is 2. The molecule has 0 unspecified atom stereocenters. The first-order valence-corrected chi connectivity index (χ1v) is 11.2. The van der Waals surface area contributed by atoms with E-state index in [9.17, 15) is 13.8 Å². The highest BCUT2D eigenvalue weighted by Crippen LogP contribution is 2.24. The minimum atomic E-state index is -1.32. The van der Waals surface area contributed by atoms with Crippen molar-refractivity contribution in [3.05, 3.63) is 65.2 Å². The van der Waals surface area contributed by atoms with Gasteiger partial charge in [-0.1, -0.05) is 64.1 Å². The standard InChI is InChI=1S/C23H29NO4S/c1-15(2)17-10-12-18(13-11-17)22(16(3)4)24-21(25)14-28-23(26)19-8-6-7-9-20(19)29(5)27/h6-13,15-16,22H,14H2,1-5H3,(H,24,25)/t22-,29+/m0/s1. The maximum atomic E-state index is 12.4. The molecule has 2 rings (SSSR count). The number of rotatable bonds is 8. The molecule has 5 nitrogen and oxygen atoms in total. The third kappa shape index (κ3) is 6.26. The Morgan fingerprint density at radius 2 is 1.55 bits per heavy atom. The van der Waals surface area contributed by atoms with Gasteiger partial charge < -0.3 is 10.1 Å². The average molecular weight is 416 g/mol. The lowest BCUT2D eigenvalue weighted by atomic mass is 9.93. The molecule has 2 atom stereocenters. The third-order valence-electron chi connectivity index (χ3n) is 4.70. The van der Waals surface area contributed by atoms with Crippen LogP contribution in [-0.2, 0) is 20.3 Å². The van der Waals surface area contributed by atoms with Crippen molar-refractivity contribution in [3.8, 4) is 0 Å². The van der Waals surface area contributed by atoms with Gasteiger partial charge >= 0.3 is 5.97 Å². The lowest BCUT2D eigenvalue weighted by Gasteiger charge is -2.23. The zero-order valence-electron chi connectivity index (χ0n) is 17.6. The van der Waals surface area contributed by atoms with Crippen molar-refractivity contribution in [2.45, 2.75) is 44.6 Å². The number of ether oxygens (including phenoxy) is 1. The van der Waals surface area contributed by atoms with Gasteiger partial charge in [-0.25, -0.2) is 4.79 Å². The second kappa shape index (κ2) is 10.3. The van der Waals surface area contributed by atoms with Crippen LogP contribution in [-0.4, -0.2) is 28.9 Å². The van der Waals surface area contributed by atoms with E-state index in [-0.39, 0.29) is 23.4 Å². The zero-order valence-corrected chi connectivity index (χ0v) is 18.4. The normalized spacial score (nSPS) is 13.2. The van der Waals surface area contributed by atoms with Crippen LogP contribution in [0.1, 0.15) is 61.1 Å². The number of hydrogen-bond donors (Lipinski definition) is 1. The largest absolute Gasteiger partial charge is 0.452 e. The summed E-state index contributed by atoms with van der Waals surface area (Å²) < 4.78 is 16.9. The van der Waals surface area contributed by atoms with E-state index in [0.717, 1.165) is 5.56 Å². The highest BCUT2D eigenvalue weighted by atomic mass is 32.2. The molecule has 0 aliphatic heterocycles. The molecule has 1 N–H and O–H groups in total. The predicted octanol–water partition coefficient (Wildman–Crippen LogP) is 4.22. The number of carbonyl (C=O) groups excluding carboxylic acids is 2. The molecule has 0 spiro atoms. The highest BCUT2D eigenvalue weighted by molar-refractivity contribution is 7.84. The van der Waals surface area contributed by atoms with E-state index in [4.69, 9.17) is 4.74 Å². The molecular formula is C23H29NO4S. The topological polar surface area (TPSA) is 72.5 Å².